The molecular weight excluding hydrogens is 722 g/mol. The summed E-state index contributed by atoms with van der Waals surface area (Å²) < 4.78 is 74.5. The molecule has 0 aromatic carbocycles. The molecule has 19 heteroatoms. The van der Waals surface area contributed by atoms with Gasteiger partial charge in [0.2, 0.25) is 0 Å². The first-order valence-electron chi connectivity index (χ1n) is 16.9. The number of aromatic nitrogens is 4. The van der Waals surface area contributed by atoms with E-state index in [9.17, 15) is 36.7 Å². The molecule has 0 saturated carbocycles. The summed E-state index contributed by atoms with van der Waals surface area (Å²) in [7, 11) is -2.76. The number of pyridine rings is 4. The Morgan fingerprint density at radius 1 is 0.962 bits per heavy atom. The lowest BCUT2D eigenvalue weighted by molar-refractivity contribution is 0.0145. The van der Waals surface area contributed by atoms with Crippen molar-refractivity contribution in [2.24, 2.45) is 5.92 Å². The van der Waals surface area contributed by atoms with Crippen LogP contribution in [-0.2, 0) is 19.0 Å². The van der Waals surface area contributed by atoms with Crippen molar-refractivity contribution in [2.75, 3.05) is 52.3 Å². The van der Waals surface area contributed by atoms with Crippen molar-refractivity contribution in [1.29, 1.82) is 0 Å². The minimum absolute atomic E-state index is 0.0532. The van der Waals surface area contributed by atoms with Crippen LogP contribution in [0.15, 0.2) is 46.2 Å². The second kappa shape index (κ2) is 15.0. The van der Waals surface area contributed by atoms with Crippen LogP contribution in [0, 0.1) is 17.6 Å². The summed E-state index contributed by atoms with van der Waals surface area (Å²) in [6.45, 7) is 7.33. The van der Waals surface area contributed by atoms with Gasteiger partial charge in [-0.05, 0) is 39.3 Å². The minimum Gasteiger partial charge on any atom is -0.486 e. The third kappa shape index (κ3) is 8.27. The van der Waals surface area contributed by atoms with Gasteiger partial charge < -0.3 is 29.5 Å². The molecule has 2 N–H and O–H groups in total. The maximum atomic E-state index is 14.2. The summed E-state index contributed by atoms with van der Waals surface area (Å²) in [5.74, 6) is -1.96. The molecule has 1 amide bonds. The van der Waals surface area contributed by atoms with Crippen molar-refractivity contribution < 1.29 is 45.5 Å². The number of aliphatic hydroxyl groups excluding tert-OH is 1. The Labute approximate surface area is 302 Å². The molecule has 4 aromatic rings. The Morgan fingerprint density at radius 2 is 1.51 bits per heavy atom. The molecule has 7 rings (SSSR count). The zero-order valence-corrected chi connectivity index (χ0v) is 30.3. The molecule has 0 radical (unpaired) electrons. The number of nitrogens with one attached hydrogen (secondary N) is 1. The van der Waals surface area contributed by atoms with Gasteiger partial charge in [-0.1, -0.05) is 0 Å². The molecule has 2 unspecified atom stereocenters. The van der Waals surface area contributed by atoms with Crippen LogP contribution in [-0.4, -0.2) is 108 Å². The molecule has 3 aliphatic heterocycles. The van der Waals surface area contributed by atoms with Crippen molar-refractivity contribution in [3.8, 4) is 11.5 Å². The van der Waals surface area contributed by atoms with Crippen LogP contribution in [0.5, 0.6) is 11.5 Å². The number of halogens is 2. The number of rotatable bonds is 7. The lowest BCUT2D eigenvalue weighted by Crippen LogP contribution is -2.50. The largest absolute Gasteiger partial charge is 0.486 e. The Bertz CT molecular complexity index is 2260. The van der Waals surface area contributed by atoms with Gasteiger partial charge in [0.05, 0.1) is 54.5 Å². The first-order valence-corrected chi connectivity index (χ1v) is 18.4. The van der Waals surface area contributed by atoms with Gasteiger partial charge in [0.15, 0.2) is 23.1 Å². The van der Waals surface area contributed by atoms with Crippen LogP contribution in [0.1, 0.15) is 39.3 Å². The summed E-state index contributed by atoms with van der Waals surface area (Å²) in [6.07, 6.45) is 1.57. The fraction of sp³-hybridized carbons (Fsp3) is 0.500. The van der Waals surface area contributed by atoms with E-state index in [1.807, 2.05) is 0 Å². The van der Waals surface area contributed by atoms with Crippen LogP contribution < -0.4 is 25.9 Å². The first-order chi connectivity index (χ1) is 25.0. The van der Waals surface area contributed by atoms with E-state index >= 15 is 0 Å². The van der Waals surface area contributed by atoms with Crippen LogP contribution in [0.25, 0.3) is 22.1 Å². The van der Waals surface area contributed by atoms with Crippen molar-refractivity contribution >= 4 is 38.3 Å². The van der Waals surface area contributed by atoms with Gasteiger partial charge in [-0.3, -0.25) is 32.9 Å². The lowest BCUT2D eigenvalue weighted by Gasteiger charge is -2.39. The van der Waals surface area contributed by atoms with E-state index in [-0.39, 0.29) is 54.3 Å². The second-order valence-corrected chi connectivity index (χ2v) is 15.8. The Morgan fingerprint density at radius 3 is 2.06 bits per heavy atom. The highest BCUT2D eigenvalue weighted by molar-refractivity contribution is 7.86. The van der Waals surface area contributed by atoms with Crippen LogP contribution in [0.2, 0.25) is 0 Å². The predicted octanol–water partition coefficient (Wildman–Crippen LogP) is 2.12. The van der Waals surface area contributed by atoms with E-state index in [1.165, 1.54) is 22.8 Å². The van der Waals surface area contributed by atoms with E-state index < -0.39 is 56.9 Å². The molecule has 7 heterocycles. The number of nitrogens with zero attached hydrogens (tertiary/aromatic N) is 5. The number of alkyl carbamates (subject to hydrolysis) is 1. The summed E-state index contributed by atoms with van der Waals surface area (Å²) >= 11 is 0. The fourth-order valence-electron chi connectivity index (χ4n) is 6.70. The zero-order valence-electron chi connectivity index (χ0n) is 29.5. The highest BCUT2D eigenvalue weighted by Crippen LogP contribution is 2.34. The molecule has 1 saturated heterocycles. The van der Waals surface area contributed by atoms with E-state index in [4.69, 9.17) is 14.2 Å². The molecule has 53 heavy (non-hydrogen) atoms. The van der Waals surface area contributed by atoms with Gasteiger partial charge in [0.25, 0.3) is 21.2 Å². The van der Waals surface area contributed by atoms with Gasteiger partial charge in [0, 0.05) is 44.2 Å². The number of carbonyl (C=O) groups is 1. The number of amides is 1. The SMILES string of the molecule is CC(C)(C)OC(=O)NCC1CN(C[C@@H]2COc3c(F)cnc4ccc(=O)n2c34)CCC1O.COS(=O)(=O)C[C@@H]1COc2c(F)cnc3ccc(=O)n1c23. The second-order valence-electron chi connectivity index (χ2n) is 14.0. The van der Waals surface area contributed by atoms with E-state index in [1.54, 1.807) is 31.4 Å². The van der Waals surface area contributed by atoms with Gasteiger partial charge >= 0.3 is 6.09 Å². The number of likely N-dealkylation sites (tertiary alicyclic amines) is 1. The molecular formula is C34H40F2N6O10S. The predicted molar refractivity (Wildman–Crippen MR) is 187 cm³/mol. The normalized spacial score (nSPS) is 21.3. The van der Waals surface area contributed by atoms with Crippen LogP contribution >= 0.6 is 0 Å². The summed E-state index contributed by atoms with van der Waals surface area (Å²) in [5.41, 5.74) is 0.0976. The van der Waals surface area contributed by atoms with E-state index in [0.29, 0.717) is 42.6 Å². The standard InChI is InChI=1S/C22H29FN4O5.C12H11FN2O5S/c1-22(2,3)32-21(30)25-8-13-10-26(7-6-17(13)28)11-14-12-31-20-15(23)9-24-16-4-5-18(29)27(14)19(16)20;1-19-21(17,18)6-7-5-20-12-8(13)4-14-9-2-3-10(16)15(7)11(9)12/h4-5,9,13-14,17,28H,6-8,10-12H2,1-3H3,(H,25,30);2-4,7H,5-6H2,1H3/t13?,14-,17?;7-/m10/s1. The maximum absolute atomic E-state index is 14.2. The first kappa shape index (κ1) is 38.0. The van der Waals surface area contributed by atoms with E-state index in [2.05, 4.69) is 24.4 Å². The molecule has 4 atom stereocenters. The molecule has 1 fully saturated rings. The monoisotopic (exact) mass is 762 g/mol. The molecule has 0 spiro atoms. The number of hydrogen-bond donors (Lipinski definition) is 2. The molecule has 16 nitrogen and oxygen atoms in total. The summed E-state index contributed by atoms with van der Waals surface area (Å²) in [6, 6.07) is 4.57. The molecule has 0 bridgehead atoms. The van der Waals surface area contributed by atoms with Gasteiger partial charge in [-0.2, -0.15) is 8.42 Å². The number of piperidine rings is 1. The zero-order chi connectivity index (χ0) is 38.2. The van der Waals surface area contributed by atoms with Crippen LogP contribution in [0.3, 0.4) is 0 Å². The average Bonchev–Trinajstić information content (AvgIpc) is 3.10. The number of hydrogen-bond acceptors (Lipinski definition) is 13. The molecule has 0 aliphatic carbocycles. The minimum atomic E-state index is -3.80. The van der Waals surface area contributed by atoms with Gasteiger partial charge in [-0.15, -0.1) is 0 Å². The van der Waals surface area contributed by atoms with Gasteiger partial charge in [0.1, 0.15) is 29.8 Å². The third-order valence-electron chi connectivity index (χ3n) is 9.08. The number of ether oxygens (including phenoxy) is 3. The number of aliphatic hydroxyl groups is 1. The van der Waals surface area contributed by atoms with Crippen molar-refractivity contribution in [2.45, 2.75) is 51.0 Å². The maximum Gasteiger partial charge on any atom is 0.407 e. The number of carbonyl (C=O) groups excluding carboxylic acids is 1. The summed E-state index contributed by atoms with van der Waals surface area (Å²) in [5, 5.41) is 13.1. The molecule has 3 aliphatic rings. The Hall–Kier alpha value is -4.72. The highest BCUT2D eigenvalue weighted by Gasteiger charge is 2.34. The topological polar surface area (TPSA) is 193 Å². The Balaban J connectivity index is 0.000000198. The third-order valence-corrected chi connectivity index (χ3v) is 10.4. The smallest absolute Gasteiger partial charge is 0.407 e. The van der Waals surface area contributed by atoms with Crippen molar-refractivity contribution in [1.82, 2.24) is 29.3 Å². The molecule has 286 valence electrons. The summed E-state index contributed by atoms with van der Waals surface area (Å²) in [4.78, 5) is 46.8. The fourth-order valence-corrected chi connectivity index (χ4v) is 7.55. The van der Waals surface area contributed by atoms with E-state index in [0.717, 1.165) is 19.5 Å². The Kier molecular flexibility index (Phi) is 10.7. The quantitative estimate of drug-likeness (QED) is 0.261. The van der Waals surface area contributed by atoms with Gasteiger partial charge in [-0.25, -0.2) is 13.6 Å². The molecule has 4 aromatic heterocycles. The highest BCUT2D eigenvalue weighted by atomic mass is 32.2. The van der Waals surface area contributed by atoms with Crippen molar-refractivity contribution in [3.63, 3.8) is 0 Å². The lowest BCUT2D eigenvalue weighted by atomic mass is 9.94. The average molecular weight is 763 g/mol. The van der Waals surface area contributed by atoms with Crippen molar-refractivity contribution in [3.05, 3.63) is 69.0 Å². The van der Waals surface area contributed by atoms with Crippen LogP contribution in [0.4, 0.5) is 13.6 Å².